The van der Waals surface area contributed by atoms with Gasteiger partial charge in [0.05, 0.1) is 7.11 Å². The largest absolute Gasteiger partial charge is 0.465 e. The molecule has 2 rings (SSSR count). The van der Waals surface area contributed by atoms with Gasteiger partial charge >= 0.3 is 5.97 Å². The molecule has 122 valence electrons. The number of carbonyl (C=O) groups excluding carboxylic acids is 2. The number of hydrogen-bond donors (Lipinski definition) is 1. The molecule has 1 aromatic carbocycles. The molecule has 0 fully saturated rings. The Hall–Kier alpha value is -2.14. The van der Waals surface area contributed by atoms with Gasteiger partial charge in [-0.05, 0) is 25.8 Å². The number of carbonyl (C=O) groups is 2. The van der Waals surface area contributed by atoms with Crippen LogP contribution in [0.5, 0.6) is 0 Å². The maximum atomic E-state index is 12.3. The molecule has 0 atom stereocenters. The van der Waals surface area contributed by atoms with Crippen molar-refractivity contribution in [2.45, 2.75) is 33.6 Å². The highest BCUT2D eigenvalue weighted by atomic mass is 32.1. The smallest absolute Gasteiger partial charge is 0.341 e. The minimum absolute atomic E-state index is 0.0886. The van der Waals surface area contributed by atoms with E-state index in [4.69, 9.17) is 4.74 Å². The van der Waals surface area contributed by atoms with Crippen molar-refractivity contribution in [1.29, 1.82) is 0 Å². The van der Waals surface area contributed by atoms with Gasteiger partial charge in [-0.1, -0.05) is 36.8 Å². The quantitative estimate of drug-likeness (QED) is 0.817. The van der Waals surface area contributed by atoms with Crippen LogP contribution in [0.2, 0.25) is 0 Å². The van der Waals surface area contributed by atoms with Crippen molar-refractivity contribution in [2.75, 3.05) is 12.4 Å². The van der Waals surface area contributed by atoms with Crippen LogP contribution in [0, 0.1) is 13.8 Å². The number of amides is 1. The lowest BCUT2D eigenvalue weighted by Crippen LogP contribution is -2.13. The predicted molar refractivity (Wildman–Crippen MR) is 94.1 cm³/mol. The number of ether oxygens (including phenoxy) is 1. The van der Waals surface area contributed by atoms with Crippen LogP contribution in [0.3, 0.4) is 0 Å². The fourth-order valence-corrected chi connectivity index (χ4v) is 3.49. The zero-order chi connectivity index (χ0) is 17.0. The molecule has 0 aliphatic heterocycles. The summed E-state index contributed by atoms with van der Waals surface area (Å²) in [6.45, 7) is 5.90. The average molecular weight is 331 g/mol. The molecule has 4 nitrogen and oxygen atoms in total. The van der Waals surface area contributed by atoms with Gasteiger partial charge in [0.1, 0.15) is 10.6 Å². The molecule has 1 aromatic heterocycles. The number of anilines is 1. The van der Waals surface area contributed by atoms with Crippen LogP contribution < -0.4 is 5.32 Å². The number of esters is 1. The molecule has 23 heavy (non-hydrogen) atoms. The lowest BCUT2D eigenvalue weighted by molar-refractivity contribution is -0.116. The van der Waals surface area contributed by atoms with Crippen LogP contribution in [0.1, 0.15) is 40.6 Å². The van der Waals surface area contributed by atoms with Crippen molar-refractivity contribution >= 4 is 28.2 Å². The zero-order valence-corrected chi connectivity index (χ0v) is 14.7. The third-order valence-electron chi connectivity index (χ3n) is 3.54. The van der Waals surface area contributed by atoms with Crippen molar-refractivity contribution in [3.8, 4) is 11.1 Å². The van der Waals surface area contributed by atoms with E-state index in [1.807, 2.05) is 45.0 Å². The summed E-state index contributed by atoms with van der Waals surface area (Å²) in [5.74, 6) is -0.522. The number of thiophene rings is 1. The SMILES string of the molecule is CCCC(=O)Nc1sc(C)c(-c2ccc(C)cc2)c1C(=O)OC. The summed E-state index contributed by atoms with van der Waals surface area (Å²) in [6, 6.07) is 7.97. The van der Waals surface area contributed by atoms with Gasteiger partial charge in [-0.15, -0.1) is 11.3 Å². The van der Waals surface area contributed by atoms with E-state index < -0.39 is 5.97 Å². The van der Waals surface area contributed by atoms with Crippen LogP contribution in [0.25, 0.3) is 11.1 Å². The van der Waals surface area contributed by atoms with Gasteiger partial charge in [-0.3, -0.25) is 4.79 Å². The van der Waals surface area contributed by atoms with Gasteiger partial charge in [0.25, 0.3) is 0 Å². The standard InChI is InChI=1S/C18H21NO3S/c1-5-6-14(20)19-17-16(18(21)22-4)15(12(3)23-17)13-9-7-11(2)8-10-13/h7-10H,5-6H2,1-4H3,(H,19,20). The maximum absolute atomic E-state index is 12.3. The third-order valence-corrected chi connectivity index (χ3v) is 4.56. The summed E-state index contributed by atoms with van der Waals surface area (Å²) in [6.07, 6.45) is 1.19. The molecule has 0 aliphatic carbocycles. The van der Waals surface area contributed by atoms with E-state index in [0.29, 0.717) is 17.0 Å². The highest BCUT2D eigenvalue weighted by Gasteiger charge is 2.24. The second kappa shape index (κ2) is 7.42. The van der Waals surface area contributed by atoms with Gasteiger partial charge in [-0.25, -0.2) is 4.79 Å². The summed E-state index contributed by atoms with van der Waals surface area (Å²) in [5, 5.41) is 3.41. The summed E-state index contributed by atoms with van der Waals surface area (Å²) in [5.41, 5.74) is 3.36. The van der Waals surface area contributed by atoms with E-state index in [0.717, 1.165) is 28.0 Å². The average Bonchev–Trinajstić information content (AvgIpc) is 2.83. The zero-order valence-electron chi connectivity index (χ0n) is 13.9. The molecule has 5 heteroatoms. The molecule has 0 saturated heterocycles. The molecular weight excluding hydrogens is 310 g/mol. The molecular formula is C18H21NO3S. The molecule has 0 spiro atoms. The maximum Gasteiger partial charge on any atom is 0.341 e. The Morgan fingerprint density at radius 2 is 1.83 bits per heavy atom. The Bertz CT molecular complexity index is 717. The second-order valence-electron chi connectivity index (χ2n) is 5.39. The lowest BCUT2D eigenvalue weighted by atomic mass is 10.0. The topological polar surface area (TPSA) is 55.4 Å². The predicted octanol–water partition coefficient (Wildman–Crippen LogP) is 4.56. The summed E-state index contributed by atoms with van der Waals surface area (Å²) < 4.78 is 4.93. The van der Waals surface area contributed by atoms with Crippen molar-refractivity contribution in [3.05, 3.63) is 40.3 Å². The Balaban J connectivity index is 2.53. The Labute approximate surface area is 140 Å². The Morgan fingerprint density at radius 1 is 1.17 bits per heavy atom. The highest BCUT2D eigenvalue weighted by Crippen LogP contribution is 2.40. The van der Waals surface area contributed by atoms with Crippen LogP contribution in [0.4, 0.5) is 5.00 Å². The van der Waals surface area contributed by atoms with E-state index in [-0.39, 0.29) is 5.91 Å². The van der Waals surface area contributed by atoms with Crippen molar-refractivity contribution in [1.82, 2.24) is 0 Å². The second-order valence-corrected chi connectivity index (χ2v) is 6.62. The van der Waals surface area contributed by atoms with Gasteiger partial charge in [-0.2, -0.15) is 0 Å². The summed E-state index contributed by atoms with van der Waals surface area (Å²) in [4.78, 5) is 25.2. The minimum Gasteiger partial charge on any atom is -0.465 e. The summed E-state index contributed by atoms with van der Waals surface area (Å²) in [7, 11) is 1.35. The fourth-order valence-electron chi connectivity index (χ4n) is 2.41. The Morgan fingerprint density at radius 3 is 2.39 bits per heavy atom. The fraction of sp³-hybridized carbons (Fsp3) is 0.333. The van der Waals surface area contributed by atoms with E-state index in [2.05, 4.69) is 5.32 Å². The van der Waals surface area contributed by atoms with Crippen LogP contribution in [-0.4, -0.2) is 19.0 Å². The van der Waals surface area contributed by atoms with Crippen LogP contribution in [0.15, 0.2) is 24.3 Å². The van der Waals surface area contributed by atoms with E-state index in [1.54, 1.807) is 0 Å². The first-order chi connectivity index (χ1) is 11.0. The molecule has 0 radical (unpaired) electrons. The number of aryl methyl sites for hydroxylation is 2. The molecule has 1 heterocycles. The number of nitrogens with one attached hydrogen (secondary N) is 1. The molecule has 1 N–H and O–H groups in total. The monoisotopic (exact) mass is 331 g/mol. The van der Waals surface area contributed by atoms with Gasteiger partial charge in [0.15, 0.2) is 0 Å². The molecule has 0 saturated carbocycles. The number of methoxy groups -OCH3 is 1. The van der Waals surface area contributed by atoms with Gasteiger partial charge in [0.2, 0.25) is 5.91 Å². The number of rotatable bonds is 5. The highest BCUT2D eigenvalue weighted by molar-refractivity contribution is 7.17. The first kappa shape index (κ1) is 17.2. The van der Waals surface area contributed by atoms with E-state index in [9.17, 15) is 9.59 Å². The normalized spacial score (nSPS) is 10.4. The van der Waals surface area contributed by atoms with E-state index in [1.165, 1.54) is 18.4 Å². The molecule has 2 aromatic rings. The van der Waals surface area contributed by atoms with Crippen LogP contribution >= 0.6 is 11.3 Å². The Kier molecular flexibility index (Phi) is 5.55. The lowest BCUT2D eigenvalue weighted by Gasteiger charge is -2.08. The van der Waals surface area contributed by atoms with Crippen molar-refractivity contribution in [3.63, 3.8) is 0 Å². The minimum atomic E-state index is -0.434. The molecule has 0 bridgehead atoms. The first-order valence-corrected chi connectivity index (χ1v) is 8.38. The first-order valence-electron chi connectivity index (χ1n) is 7.56. The molecule has 0 aliphatic rings. The van der Waals surface area contributed by atoms with Crippen molar-refractivity contribution in [2.24, 2.45) is 0 Å². The van der Waals surface area contributed by atoms with E-state index >= 15 is 0 Å². The summed E-state index contributed by atoms with van der Waals surface area (Å²) >= 11 is 1.41. The third kappa shape index (κ3) is 3.79. The number of hydrogen-bond acceptors (Lipinski definition) is 4. The van der Waals surface area contributed by atoms with Gasteiger partial charge < -0.3 is 10.1 Å². The van der Waals surface area contributed by atoms with Crippen LogP contribution in [-0.2, 0) is 9.53 Å². The molecule has 0 unspecified atom stereocenters. The van der Waals surface area contributed by atoms with Crippen molar-refractivity contribution < 1.29 is 14.3 Å². The molecule has 1 amide bonds. The van der Waals surface area contributed by atoms with Gasteiger partial charge in [0, 0.05) is 16.9 Å². The number of benzene rings is 1.